The predicted molar refractivity (Wildman–Crippen MR) is 72.0 cm³/mol. The molecule has 7 heteroatoms. The summed E-state index contributed by atoms with van der Waals surface area (Å²) in [5, 5.41) is 2.94. The Hall–Kier alpha value is -1.66. The van der Waals surface area contributed by atoms with Gasteiger partial charge in [0.1, 0.15) is 0 Å². The van der Waals surface area contributed by atoms with Crippen LogP contribution in [0, 0.1) is 5.82 Å². The molecular formula is C12H10ClFN2O2S. The van der Waals surface area contributed by atoms with Gasteiger partial charge in [0.05, 0.1) is 9.92 Å². The minimum Gasteiger partial charge on any atom is -0.338 e. The number of anilines is 2. The fraction of sp³-hybridized carbons (Fsp3) is 0.0833. The number of nitrogens with one attached hydrogen (secondary N) is 1. The van der Waals surface area contributed by atoms with E-state index in [1.165, 1.54) is 30.5 Å². The zero-order chi connectivity index (χ0) is 14.0. The first-order chi connectivity index (χ1) is 8.86. The first-order valence-electron chi connectivity index (χ1n) is 5.24. The van der Waals surface area contributed by atoms with Gasteiger partial charge in [-0.25, -0.2) is 17.8 Å². The summed E-state index contributed by atoms with van der Waals surface area (Å²) in [5.74, 6) is -0.559. The van der Waals surface area contributed by atoms with Crippen molar-refractivity contribution in [2.75, 3.05) is 11.6 Å². The lowest BCUT2D eigenvalue weighted by molar-refractivity contribution is 0.602. The van der Waals surface area contributed by atoms with Crippen LogP contribution in [0.15, 0.2) is 41.4 Å². The average Bonchev–Trinajstić information content (AvgIpc) is 2.32. The Morgan fingerprint density at radius 3 is 2.42 bits per heavy atom. The fourth-order valence-corrected chi connectivity index (χ4v) is 2.20. The first-order valence-corrected chi connectivity index (χ1v) is 7.51. The van der Waals surface area contributed by atoms with Gasteiger partial charge in [-0.3, -0.25) is 0 Å². The zero-order valence-electron chi connectivity index (χ0n) is 9.89. The van der Waals surface area contributed by atoms with Crippen molar-refractivity contribution < 1.29 is 12.8 Å². The molecule has 100 valence electrons. The summed E-state index contributed by atoms with van der Waals surface area (Å²) in [6, 6.07) is 7.08. The third-order valence-electron chi connectivity index (χ3n) is 2.35. The summed E-state index contributed by atoms with van der Waals surface area (Å²) in [5.41, 5.74) is 0.529. The first kappa shape index (κ1) is 13.8. The lowest BCUT2D eigenvalue weighted by Crippen LogP contribution is -1.99. The Morgan fingerprint density at radius 2 is 1.89 bits per heavy atom. The van der Waals surface area contributed by atoms with Crippen molar-refractivity contribution in [3.63, 3.8) is 0 Å². The van der Waals surface area contributed by atoms with Gasteiger partial charge in [0.2, 0.25) is 0 Å². The maximum absolute atomic E-state index is 13.5. The Balaban J connectivity index is 2.25. The molecule has 0 aliphatic heterocycles. The van der Waals surface area contributed by atoms with E-state index in [2.05, 4.69) is 10.3 Å². The van der Waals surface area contributed by atoms with Gasteiger partial charge in [0, 0.05) is 18.1 Å². The highest BCUT2D eigenvalue weighted by Crippen LogP contribution is 2.21. The molecule has 0 spiro atoms. The Kier molecular flexibility index (Phi) is 3.73. The molecule has 1 heterocycles. The number of halogens is 2. The number of pyridine rings is 1. The molecule has 2 aromatic rings. The summed E-state index contributed by atoms with van der Waals surface area (Å²) in [7, 11) is -3.24. The molecule has 0 saturated heterocycles. The van der Waals surface area contributed by atoms with Gasteiger partial charge in [-0.2, -0.15) is 0 Å². The third-order valence-corrected chi connectivity index (χ3v) is 3.69. The van der Waals surface area contributed by atoms with Crippen LogP contribution in [0.1, 0.15) is 0 Å². The van der Waals surface area contributed by atoms with E-state index in [1.54, 1.807) is 0 Å². The monoisotopic (exact) mass is 300 g/mol. The molecule has 2 rings (SSSR count). The van der Waals surface area contributed by atoms with Crippen LogP contribution in [0.2, 0.25) is 5.02 Å². The van der Waals surface area contributed by atoms with Gasteiger partial charge >= 0.3 is 0 Å². The highest BCUT2D eigenvalue weighted by Gasteiger charge is 2.08. The van der Waals surface area contributed by atoms with Gasteiger partial charge in [-0.1, -0.05) is 11.6 Å². The molecule has 0 atom stereocenters. The molecule has 19 heavy (non-hydrogen) atoms. The number of nitrogens with zero attached hydrogens (tertiary/aromatic N) is 1. The molecule has 1 N–H and O–H groups in total. The van der Waals surface area contributed by atoms with Crippen LogP contribution < -0.4 is 5.32 Å². The van der Waals surface area contributed by atoms with Crippen molar-refractivity contribution in [2.45, 2.75) is 4.90 Å². The summed E-state index contributed by atoms with van der Waals surface area (Å²) >= 11 is 5.59. The molecular weight excluding hydrogens is 291 g/mol. The highest BCUT2D eigenvalue weighted by molar-refractivity contribution is 7.90. The van der Waals surface area contributed by atoms with Crippen molar-refractivity contribution in [1.82, 2.24) is 4.98 Å². The third kappa shape index (κ3) is 3.42. The SMILES string of the molecule is CS(=O)(=O)c1ccc(Nc2ncc(Cl)cc2F)cc1. The second kappa shape index (κ2) is 5.14. The molecule has 0 amide bonds. The van der Waals surface area contributed by atoms with Gasteiger partial charge in [0.15, 0.2) is 21.5 Å². The minimum atomic E-state index is -3.24. The van der Waals surface area contributed by atoms with E-state index in [9.17, 15) is 12.8 Å². The Labute approximate surface area is 115 Å². The second-order valence-corrected chi connectivity index (χ2v) is 6.36. The number of rotatable bonds is 3. The van der Waals surface area contributed by atoms with Crippen molar-refractivity contribution in [2.24, 2.45) is 0 Å². The highest BCUT2D eigenvalue weighted by atomic mass is 35.5. The maximum Gasteiger partial charge on any atom is 0.175 e. The molecule has 0 bridgehead atoms. The smallest absolute Gasteiger partial charge is 0.175 e. The van der Waals surface area contributed by atoms with Gasteiger partial charge in [-0.15, -0.1) is 0 Å². The van der Waals surface area contributed by atoms with Crippen LogP contribution in [-0.2, 0) is 9.84 Å². The van der Waals surface area contributed by atoms with E-state index in [0.29, 0.717) is 5.69 Å². The normalized spacial score (nSPS) is 11.3. The number of benzene rings is 1. The van der Waals surface area contributed by atoms with Crippen molar-refractivity contribution in [3.05, 3.63) is 47.4 Å². The lowest BCUT2D eigenvalue weighted by Gasteiger charge is -2.07. The summed E-state index contributed by atoms with van der Waals surface area (Å²) in [6.45, 7) is 0. The van der Waals surface area contributed by atoms with Gasteiger partial charge in [0.25, 0.3) is 0 Å². The Bertz CT molecular complexity index is 702. The molecule has 4 nitrogen and oxygen atoms in total. The quantitative estimate of drug-likeness (QED) is 0.946. The summed E-state index contributed by atoms with van der Waals surface area (Å²) in [4.78, 5) is 4.00. The van der Waals surface area contributed by atoms with E-state index in [1.807, 2.05) is 0 Å². The lowest BCUT2D eigenvalue weighted by atomic mass is 10.3. The van der Waals surface area contributed by atoms with Crippen LogP contribution in [0.25, 0.3) is 0 Å². The minimum absolute atomic E-state index is 0.0245. The van der Waals surface area contributed by atoms with E-state index < -0.39 is 15.7 Å². The molecule has 0 unspecified atom stereocenters. The number of hydrogen-bond acceptors (Lipinski definition) is 4. The molecule has 0 saturated carbocycles. The topological polar surface area (TPSA) is 59.1 Å². The summed E-state index contributed by atoms with van der Waals surface area (Å²) in [6.07, 6.45) is 2.44. The van der Waals surface area contributed by atoms with Crippen LogP contribution in [0.4, 0.5) is 15.9 Å². The Morgan fingerprint density at radius 1 is 1.26 bits per heavy atom. The number of hydrogen-bond donors (Lipinski definition) is 1. The van der Waals surface area contributed by atoms with E-state index >= 15 is 0 Å². The van der Waals surface area contributed by atoms with E-state index in [0.717, 1.165) is 12.3 Å². The number of sulfone groups is 1. The van der Waals surface area contributed by atoms with Crippen LogP contribution in [0.5, 0.6) is 0 Å². The number of aromatic nitrogens is 1. The fourth-order valence-electron chi connectivity index (χ4n) is 1.43. The van der Waals surface area contributed by atoms with Crippen molar-refractivity contribution in [3.8, 4) is 0 Å². The standard InChI is InChI=1S/C12H10ClFN2O2S/c1-19(17,18)10-4-2-9(3-5-10)16-12-11(14)6-8(13)7-15-12/h2-7H,1H3,(H,15,16). The average molecular weight is 301 g/mol. The van der Waals surface area contributed by atoms with Crippen molar-refractivity contribution >= 4 is 32.9 Å². The maximum atomic E-state index is 13.5. The molecule has 1 aromatic carbocycles. The molecule has 0 aliphatic rings. The predicted octanol–water partition coefficient (Wildman–Crippen LogP) is 3.02. The van der Waals surface area contributed by atoms with Crippen LogP contribution in [-0.4, -0.2) is 19.7 Å². The molecule has 0 fully saturated rings. The molecule has 1 aromatic heterocycles. The van der Waals surface area contributed by atoms with E-state index in [4.69, 9.17) is 11.6 Å². The van der Waals surface area contributed by atoms with Gasteiger partial charge in [-0.05, 0) is 30.3 Å². The van der Waals surface area contributed by atoms with Gasteiger partial charge < -0.3 is 5.32 Å². The largest absolute Gasteiger partial charge is 0.338 e. The van der Waals surface area contributed by atoms with Crippen LogP contribution in [0.3, 0.4) is 0 Å². The second-order valence-electron chi connectivity index (χ2n) is 3.91. The van der Waals surface area contributed by atoms with Crippen LogP contribution >= 0.6 is 11.6 Å². The van der Waals surface area contributed by atoms with Crippen molar-refractivity contribution in [1.29, 1.82) is 0 Å². The van der Waals surface area contributed by atoms with E-state index in [-0.39, 0.29) is 15.7 Å². The molecule has 0 aliphatic carbocycles. The molecule has 0 radical (unpaired) electrons. The summed E-state index contributed by atoms with van der Waals surface area (Å²) < 4.78 is 36.1. The zero-order valence-corrected chi connectivity index (χ0v) is 11.5.